The van der Waals surface area contributed by atoms with Gasteiger partial charge in [0.05, 0.1) is 18.7 Å². The van der Waals surface area contributed by atoms with Crippen LogP contribution in [0.1, 0.15) is 11.4 Å². The van der Waals surface area contributed by atoms with Crippen LogP contribution in [0.4, 0.5) is 0 Å². The number of ether oxygens (including phenoxy) is 2. The minimum absolute atomic E-state index is 0.0328. The largest absolute Gasteiger partial charge is 0.342 e. The first kappa shape index (κ1) is 13.6. The van der Waals surface area contributed by atoms with E-state index in [0.29, 0.717) is 23.1 Å². The SMILES string of the molecule is C[n+]1ccn2c1C[C@@]1(c3ccc(Cl)cc3Cl)OCC(C2)O1. The molecule has 0 radical (unpaired) electrons. The van der Waals surface area contributed by atoms with Crippen molar-refractivity contribution in [2.45, 2.75) is 24.9 Å². The summed E-state index contributed by atoms with van der Waals surface area (Å²) in [6.07, 6.45) is 4.78. The molecule has 3 heterocycles. The van der Waals surface area contributed by atoms with Gasteiger partial charge < -0.3 is 9.47 Å². The van der Waals surface area contributed by atoms with E-state index >= 15 is 0 Å². The number of aromatic nitrogens is 2. The summed E-state index contributed by atoms with van der Waals surface area (Å²) >= 11 is 12.4. The Hall–Kier alpha value is -1.07. The molecule has 1 fully saturated rings. The number of hydrogen-bond donors (Lipinski definition) is 0. The lowest BCUT2D eigenvalue weighted by molar-refractivity contribution is -0.680. The van der Waals surface area contributed by atoms with Crippen LogP contribution < -0.4 is 4.57 Å². The molecule has 1 aromatic carbocycles. The number of halogens is 2. The van der Waals surface area contributed by atoms with Crippen LogP contribution in [-0.4, -0.2) is 17.3 Å². The van der Waals surface area contributed by atoms with Crippen molar-refractivity contribution in [3.8, 4) is 0 Å². The maximum atomic E-state index is 6.39. The highest BCUT2D eigenvalue weighted by Crippen LogP contribution is 2.42. The highest BCUT2D eigenvalue weighted by Gasteiger charge is 2.50. The lowest BCUT2D eigenvalue weighted by Crippen LogP contribution is -2.39. The van der Waals surface area contributed by atoms with E-state index in [1.54, 1.807) is 6.07 Å². The van der Waals surface area contributed by atoms with Crippen LogP contribution in [0.25, 0.3) is 0 Å². The Labute approximate surface area is 132 Å². The molecule has 2 bridgehead atoms. The predicted molar refractivity (Wildman–Crippen MR) is 78.3 cm³/mol. The summed E-state index contributed by atoms with van der Waals surface area (Å²) in [5, 5.41) is 1.18. The Morgan fingerprint density at radius 2 is 2.24 bits per heavy atom. The summed E-state index contributed by atoms with van der Waals surface area (Å²) in [4.78, 5) is 0. The summed E-state index contributed by atoms with van der Waals surface area (Å²) in [7, 11) is 2.03. The zero-order valence-electron chi connectivity index (χ0n) is 11.6. The summed E-state index contributed by atoms with van der Waals surface area (Å²) in [5.74, 6) is 0.333. The van der Waals surface area contributed by atoms with E-state index < -0.39 is 5.79 Å². The molecule has 6 heteroatoms. The number of rotatable bonds is 1. The molecule has 110 valence electrons. The fraction of sp³-hybridized carbons (Fsp3) is 0.400. The van der Waals surface area contributed by atoms with Crippen LogP contribution in [-0.2, 0) is 35.3 Å². The Morgan fingerprint density at radius 3 is 3.05 bits per heavy atom. The zero-order chi connectivity index (χ0) is 14.6. The van der Waals surface area contributed by atoms with Crippen molar-refractivity contribution in [1.82, 2.24) is 4.57 Å². The second-order valence-corrected chi connectivity index (χ2v) is 6.43. The third-order valence-electron chi connectivity index (χ3n) is 4.20. The van der Waals surface area contributed by atoms with E-state index in [1.807, 2.05) is 19.2 Å². The fourth-order valence-electron chi connectivity index (χ4n) is 3.16. The Balaban J connectivity index is 1.85. The molecule has 2 aliphatic rings. The van der Waals surface area contributed by atoms with Crippen LogP contribution >= 0.6 is 23.2 Å². The Kier molecular flexibility index (Phi) is 3.05. The fourth-order valence-corrected chi connectivity index (χ4v) is 3.71. The summed E-state index contributed by atoms with van der Waals surface area (Å²) in [5.41, 5.74) is 0.839. The third-order valence-corrected chi connectivity index (χ3v) is 4.75. The average Bonchev–Trinajstić information content (AvgIpc) is 2.91. The molecule has 1 aromatic heterocycles. The van der Waals surface area contributed by atoms with E-state index in [0.717, 1.165) is 17.9 Å². The second-order valence-electron chi connectivity index (χ2n) is 5.58. The topological polar surface area (TPSA) is 27.3 Å². The van der Waals surface area contributed by atoms with Gasteiger partial charge in [0.2, 0.25) is 5.79 Å². The standard InChI is InChI=1S/C15H15Cl2N2O2/c1-18-4-5-19-8-11-9-20-15(21-11,7-14(18)19)12-3-2-10(16)6-13(12)17/h2-6,11H,7-9H2,1H3/q+1/t11?,15-/m1/s1. The zero-order valence-corrected chi connectivity index (χ0v) is 13.1. The minimum Gasteiger partial charge on any atom is -0.342 e. The molecule has 0 saturated carbocycles. The Bertz CT molecular complexity index is 716. The molecular weight excluding hydrogens is 311 g/mol. The van der Waals surface area contributed by atoms with E-state index in [1.165, 1.54) is 0 Å². The van der Waals surface area contributed by atoms with Gasteiger partial charge in [0, 0.05) is 10.6 Å². The van der Waals surface area contributed by atoms with E-state index in [-0.39, 0.29) is 6.10 Å². The molecule has 21 heavy (non-hydrogen) atoms. The predicted octanol–water partition coefficient (Wildman–Crippen LogP) is 2.44. The molecule has 4 nitrogen and oxygen atoms in total. The smallest absolute Gasteiger partial charge is 0.262 e. The number of fused-ring (bicyclic) bond motifs is 3. The van der Waals surface area contributed by atoms with Crippen LogP contribution in [0.3, 0.4) is 0 Å². The normalized spacial score (nSPS) is 27.5. The third kappa shape index (κ3) is 2.09. The first-order valence-corrected chi connectivity index (χ1v) is 7.64. The molecule has 2 aliphatic heterocycles. The van der Waals surface area contributed by atoms with Crippen LogP contribution in [0.2, 0.25) is 10.0 Å². The van der Waals surface area contributed by atoms with Gasteiger partial charge in [-0.3, -0.25) is 0 Å². The first-order chi connectivity index (χ1) is 10.1. The number of hydrogen-bond acceptors (Lipinski definition) is 2. The Morgan fingerprint density at radius 1 is 1.38 bits per heavy atom. The van der Waals surface area contributed by atoms with E-state index in [9.17, 15) is 0 Å². The second kappa shape index (κ2) is 4.71. The lowest BCUT2D eigenvalue weighted by atomic mass is 10.0. The summed E-state index contributed by atoms with van der Waals surface area (Å²) < 4.78 is 16.6. The maximum absolute atomic E-state index is 6.39. The molecular formula is C15H15Cl2N2O2+. The number of nitrogens with zero attached hydrogens (tertiary/aromatic N) is 2. The molecule has 2 aromatic rings. The van der Waals surface area contributed by atoms with Gasteiger partial charge in [0.25, 0.3) is 5.82 Å². The molecule has 0 N–H and O–H groups in total. The van der Waals surface area contributed by atoms with E-state index in [4.69, 9.17) is 32.7 Å². The van der Waals surface area contributed by atoms with Gasteiger partial charge in [-0.2, -0.15) is 0 Å². The van der Waals surface area contributed by atoms with Crippen molar-refractivity contribution in [1.29, 1.82) is 0 Å². The summed E-state index contributed by atoms with van der Waals surface area (Å²) in [6, 6.07) is 5.45. The maximum Gasteiger partial charge on any atom is 0.262 e. The van der Waals surface area contributed by atoms with Gasteiger partial charge in [-0.15, -0.1) is 0 Å². The highest BCUT2D eigenvalue weighted by molar-refractivity contribution is 6.35. The van der Waals surface area contributed by atoms with Crippen molar-refractivity contribution >= 4 is 23.2 Å². The van der Waals surface area contributed by atoms with Gasteiger partial charge in [-0.25, -0.2) is 9.13 Å². The van der Waals surface area contributed by atoms with E-state index in [2.05, 4.69) is 21.5 Å². The monoisotopic (exact) mass is 325 g/mol. The van der Waals surface area contributed by atoms with Crippen LogP contribution in [0, 0.1) is 0 Å². The van der Waals surface area contributed by atoms with Crippen molar-refractivity contribution in [2.24, 2.45) is 7.05 Å². The van der Waals surface area contributed by atoms with Crippen LogP contribution in [0.5, 0.6) is 0 Å². The van der Waals surface area contributed by atoms with Gasteiger partial charge in [-0.05, 0) is 12.1 Å². The molecule has 0 spiro atoms. The molecule has 0 aliphatic carbocycles. The quantitative estimate of drug-likeness (QED) is 0.753. The average molecular weight is 326 g/mol. The number of imidazole rings is 1. The lowest BCUT2D eigenvalue weighted by Gasteiger charge is -2.27. The molecule has 4 rings (SSSR count). The van der Waals surface area contributed by atoms with Gasteiger partial charge >= 0.3 is 0 Å². The van der Waals surface area contributed by atoms with Gasteiger partial charge in [0.1, 0.15) is 31.5 Å². The summed E-state index contributed by atoms with van der Waals surface area (Å²) in [6.45, 7) is 1.36. The van der Waals surface area contributed by atoms with Gasteiger partial charge in [0.15, 0.2) is 0 Å². The van der Waals surface area contributed by atoms with Crippen molar-refractivity contribution in [3.05, 3.63) is 52.0 Å². The molecule has 1 saturated heterocycles. The highest BCUT2D eigenvalue weighted by atomic mass is 35.5. The van der Waals surface area contributed by atoms with Crippen LogP contribution in [0.15, 0.2) is 30.6 Å². The molecule has 2 atom stereocenters. The van der Waals surface area contributed by atoms with Crippen molar-refractivity contribution in [2.75, 3.05) is 6.61 Å². The molecule has 1 unspecified atom stereocenters. The minimum atomic E-state index is -0.823. The van der Waals surface area contributed by atoms with Crippen molar-refractivity contribution in [3.63, 3.8) is 0 Å². The number of aryl methyl sites for hydroxylation is 1. The first-order valence-electron chi connectivity index (χ1n) is 6.88. The van der Waals surface area contributed by atoms with Gasteiger partial charge in [-0.1, -0.05) is 29.3 Å². The number of benzene rings is 1. The molecule has 0 amide bonds. The van der Waals surface area contributed by atoms with Crippen molar-refractivity contribution < 1.29 is 14.0 Å².